The number of thiazole rings is 1. The van der Waals surface area contributed by atoms with Gasteiger partial charge in [-0.1, -0.05) is 0 Å². The van der Waals surface area contributed by atoms with Crippen molar-refractivity contribution >= 4 is 28.1 Å². The van der Waals surface area contributed by atoms with Crippen molar-refractivity contribution in [2.75, 3.05) is 0 Å². The second kappa shape index (κ2) is 9.00. The standard InChI is InChI=1S/C23H23F3N6O2S/c1-12-7-27-20(35-12)16-5-14(6-18-17(16)10-32(31-18)11-22(3,4)34)19(33)30-13(2)15-8-28-21(29-9-15)23(24,25)26/h5-10,13,34H,11H2,1-4H3,(H,30,33). The van der Waals surface area contributed by atoms with Crippen LogP contribution < -0.4 is 5.32 Å². The number of aliphatic hydroxyl groups is 1. The molecule has 4 aromatic rings. The van der Waals surface area contributed by atoms with E-state index in [-0.39, 0.29) is 6.54 Å². The largest absolute Gasteiger partial charge is 0.451 e. The van der Waals surface area contributed by atoms with Crippen LogP contribution in [0.1, 0.15) is 53.4 Å². The number of nitrogens with one attached hydrogen (secondary N) is 1. The van der Waals surface area contributed by atoms with Gasteiger partial charge in [-0.2, -0.15) is 18.3 Å². The van der Waals surface area contributed by atoms with Crippen LogP contribution in [-0.4, -0.2) is 41.3 Å². The molecule has 0 aliphatic heterocycles. The Balaban J connectivity index is 1.66. The molecule has 1 atom stereocenters. The van der Waals surface area contributed by atoms with E-state index < -0.39 is 29.6 Å². The Bertz CT molecular complexity index is 1370. The van der Waals surface area contributed by atoms with E-state index in [4.69, 9.17) is 0 Å². The summed E-state index contributed by atoms with van der Waals surface area (Å²) in [6, 6.07) is 2.70. The molecule has 2 N–H and O–H groups in total. The van der Waals surface area contributed by atoms with Crippen molar-refractivity contribution in [1.82, 2.24) is 30.0 Å². The summed E-state index contributed by atoms with van der Waals surface area (Å²) >= 11 is 1.47. The number of carbonyl (C=O) groups excluding carboxylic acids is 1. The lowest BCUT2D eigenvalue weighted by atomic mass is 10.0. The van der Waals surface area contributed by atoms with Gasteiger partial charge in [-0.25, -0.2) is 15.0 Å². The van der Waals surface area contributed by atoms with Crippen LogP contribution >= 0.6 is 11.3 Å². The maximum Gasteiger partial charge on any atom is 0.451 e. The van der Waals surface area contributed by atoms with Crippen molar-refractivity contribution in [2.45, 2.75) is 52.1 Å². The Morgan fingerprint density at radius 2 is 1.86 bits per heavy atom. The van der Waals surface area contributed by atoms with Gasteiger partial charge in [-0.3, -0.25) is 9.48 Å². The molecule has 0 spiro atoms. The Hall–Kier alpha value is -3.38. The van der Waals surface area contributed by atoms with E-state index in [1.54, 1.807) is 43.8 Å². The molecule has 0 fully saturated rings. The van der Waals surface area contributed by atoms with Crippen LogP contribution in [0, 0.1) is 6.92 Å². The fourth-order valence-corrected chi connectivity index (χ4v) is 4.30. The van der Waals surface area contributed by atoms with E-state index in [2.05, 4.69) is 25.4 Å². The third-order valence-corrected chi connectivity index (χ3v) is 6.05. The first-order valence-corrected chi connectivity index (χ1v) is 11.5. The third-order valence-electron chi connectivity index (χ3n) is 5.11. The Labute approximate surface area is 202 Å². The van der Waals surface area contributed by atoms with Crippen molar-refractivity contribution in [3.05, 3.63) is 58.7 Å². The van der Waals surface area contributed by atoms with Gasteiger partial charge in [0.2, 0.25) is 5.82 Å². The molecule has 0 aliphatic carbocycles. The third kappa shape index (κ3) is 5.65. The molecule has 4 rings (SSSR count). The average molecular weight is 505 g/mol. The van der Waals surface area contributed by atoms with Gasteiger partial charge in [-0.15, -0.1) is 11.3 Å². The zero-order valence-electron chi connectivity index (χ0n) is 19.4. The van der Waals surface area contributed by atoms with Crippen LogP contribution in [-0.2, 0) is 12.7 Å². The van der Waals surface area contributed by atoms with Gasteiger partial charge in [0.25, 0.3) is 5.91 Å². The van der Waals surface area contributed by atoms with E-state index in [1.807, 2.05) is 13.1 Å². The quantitative estimate of drug-likeness (QED) is 0.399. The lowest BCUT2D eigenvalue weighted by Crippen LogP contribution is -2.27. The number of rotatable bonds is 6. The van der Waals surface area contributed by atoms with Crippen LogP contribution in [0.4, 0.5) is 13.2 Å². The predicted molar refractivity (Wildman–Crippen MR) is 125 cm³/mol. The molecule has 8 nitrogen and oxygen atoms in total. The van der Waals surface area contributed by atoms with Crippen LogP contribution in [0.3, 0.4) is 0 Å². The molecule has 184 valence electrons. The maximum atomic E-state index is 13.1. The van der Waals surface area contributed by atoms with E-state index in [9.17, 15) is 23.1 Å². The van der Waals surface area contributed by atoms with Gasteiger partial charge in [0.15, 0.2) is 0 Å². The number of halogens is 3. The molecular formula is C23H23F3N6O2S. The van der Waals surface area contributed by atoms with Gasteiger partial charge in [0, 0.05) is 51.7 Å². The lowest BCUT2D eigenvalue weighted by Gasteiger charge is -2.16. The molecular weight excluding hydrogens is 481 g/mol. The Kier molecular flexibility index (Phi) is 6.36. The van der Waals surface area contributed by atoms with Crippen molar-refractivity contribution in [3.63, 3.8) is 0 Å². The molecule has 1 amide bonds. The second-order valence-corrected chi connectivity index (χ2v) is 10.1. The SMILES string of the molecule is Cc1cnc(-c2cc(C(=O)NC(C)c3cnc(C(F)(F)F)nc3)cc3nn(CC(C)(C)O)cc23)s1. The first-order valence-electron chi connectivity index (χ1n) is 10.7. The highest BCUT2D eigenvalue weighted by molar-refractivity contribution is 7.15. The number of aromatic nitrogens is 5. The van der Waals surface area contributed by atoms with E-state index in [0.717, 1.165) is 28.2 Å². The van der Waals surface area contributed by atoms with E-state index in [1.165, 1.54) is 11.3 Å². The molecule has 3 heterocycles. The highest BCUT2D eigenvalue weighted by Crippen LogP contribution is 2.33. The maximum absolute atomic E-state index is 13.1. The predicted octanol–water partition coefficient (Wildman–Crippen LogP) is 4.54. The molecule has 0 saturated heterocycles. The summed E-state index contributed by atoms with van der Waals surface area (Å²) in [5.74, 6) is -1.68. The smallest absolute Gasteiger partial charge is 0.389 e. The molecule has 12 heteroatoms. The number of fused-ring (bicyclic) bond motifs is 1. The van der Waals surface area contributed by atoms with Crippen molar-refractivity contribution in [3.8, 4) is 10.6 Å². The van der Waals surface area contributed by atoms with Crippen LogP contribution in [0.25, 0.3) is 21.5 Å². The number of hydrogen-bond donors (Lipinski definition) is 2. The number of alkyl halides is 3. The Morgan fingerprint density at radius 1 is 1.17 bits per heavy atom. The highest BCUT2D eigenvalue weighted by Gasteiger charge is 2.34. The number of benzene rings is 1. The summed E-state index contributed by atoms with van der Waals surface area (Å²) in [6.07, 6.45) is 1.01. The molecule has 0 bridgehead atoms. The minimum Gasteiger partial charge on any atom is -0.389 e. The second-order valence-electron chi connectivity index (χ2n) is 8.90. The van der Waals surface area contributed by atoms with Gasteiger partial charge in [0.1, 0.15) is 5.01 Å². The van der Waals surface area contributed by atoms with Crippen LogP contribution in [0.15, 0.2) is 36.9 Å². The topological polar surface area (TPSA) is 106 Å². The van der Waals surface area contributed by atoms with Gasteiger partial charge in [-0.05, 0) is 39.8 Å². The zero-order valence-corrected chi connectivity index (χ0v) is 20.2. The summed E-state index contributed by atoms with van der Waals surface area (Å²) in [5.41, 5.74) is 0.930. The Morgan fingerprint density at radius 3 is 2.43 bits per heavy atom. The first kappa shape index (κ1) is 24.7. The van der Waals surface area contributed by atoms with Crippen molar-refractivity contribution in [2.24, 2.45) is 0 Å². The van der Waals surface area contributed by atoms with Crippen molar-refractivity contribution in [1.29, 1.82) is 0 Å². The summed E-state index contributed by atoms with van der Waals surface area (Å²) in [5, 5.41) is 19.0. The number of carbonyl (C=O) groups is 1. The van der Waals surface area contributed by atoms with Gasteiger partial charge >= 0.3 is 6.18 Å². The van der Waals surface area contributed by atoms with Gasteiger partial charge < -0.3 is 10.4 Å². The molecule has 0 saturated carbocycles. The average Bonchev–Trinajstić information content (AvgIpc) is 3.36. The van der Waals surface area contributed by atoms with E-state index >= 15 is 0 Å². The normalized spacial score (nSPS) is 13.3. The summed E-state index contributed by atoms with van der Waals surface area (Å²) in [6.45, 7) is 7.17. The van der Waals surface area contributed by atoms with Crippen LogP contribution in [0.2, 0.25) is 0 Å². The number of nitrogens with zero attached hydrogens (tertiary/aromatic N) is 5. The summed E-state index contributed by atoms with van der Waals surface area (Å²) in [7, 11) is 0. The number of hydrogen-bond acceptors (Lipinski definition) is 7. The molecule has 35 heavy (non-hydrogen) atoms. The van der Waals surface area contributed by atoms with Gasteiger partial charge in [0.05, 0.1) is 23.7 Å². The highest BCUT2D eigenvalue weighted by atomic mass is 32.1. The number of aryl methyl sites for hydroxylation is 1. The molecule has 0 radical (unpaired) electrons. The first-order chi connectivity index (χ1) is 16.3. The molecule has 0 aliphatic rings. The lowest BCUT2D eigenvalue weighted by molar-refractivity contribution is -0.145. The number of amides is 1. The van der Waals surface area contributed by atoms with E-state index in [0.29, 0.717) is 21.7 Å². The summed E-state index contributed by atoms with van der Waals surface area (Å²) < 4.78 is 39.8. The molecule has 1 aromatic carbocycles. The zero-order chi connectivity index (χ0) is 25.5. The monoisotopic (exact) mass is 504 g/mol. The fraction of sp³-hybridized carbons (Fsp3) is 0.348. The summed E-state index contributed by atoms with van der Waals surface area (Å²) in [4.78, 5) is 25.3. The van der Waals surface area contributed by atoms with Crippen molar-refractivity contribution < 1.29 is 23.1 Å². The molecule has 1 unspecified atom stereocenters. The van der Waals surface area contributed by atoms with Crippen LogP contribution in [0.5, 0.6) is 0 Å². The fourth-order valence-electron chi connectivity index (χ4n) is 3.51. The molecule has 3 aromatic heterocycles. The minimum absolute atomic E-state index is 0.254. The minimum atomic E-state index is -4.64.